The van der Waals surface area contributed by atoms with E-state index in [2.05, 4.69) is 20.4 Å². The molecular weight excluding hydrogens is 625 g/mol. The molecule has 10 nitrogen and oxygen atoms in total. The number of carbonyl (C=O) groups excluding carboxylic acids is 3. The molecule has 47 heavy (non-hydrogen) atoms. The number of hydrogen-bond acceptors (Lipinski definition) is 8. The minimum absolute atomic E-state index is 0.00130. The van der Waals surface area contributed by atoms with Crippen molar-refractivity contribution < 1.29 is 28.3 Å². The minimum atomic E-state index is -1.07. The van der Waals surface area contributed by atoms with Gasteiger partial charge in [0.2, 0.25) is 6.10 Å². The molecule has 2 aliphatic rings. The zero-order chi connectivity index (χ0) is 33.3. The summed E-state index contributed by atoms with van der Waals surface area (Å²) in [7, 11) is 0. The van der Waals surface area contributed by atoms with Gasteiger partial charge < -0.3 is 19.8 Å². The molecule has 12 heteroatoms. The van der Waals surface area contributed by atoms with Crippen LogP contribution in [0.25, 0.3) is 11.1 Å². The second kappa shape index (κ2) is 12.9. The van der Waals surface area contributed by atoms with Crippen molar-refractivity contribution in [1.82, 2.24) is 14.9 Å². The Labute approximate surface area is 275 Å². The van der Waals surface area contributed by atoms with Crippen LogP contribution in [0.4, 0.5) is 10.1 Å². The molecule has 3 heterocycles. The fourth-order valence-electron chi connectivity index (χ4n) is 5.72. The van der Waals surface area contributed by atoms with Crippen molar-refractivity contribution >= 4 is 40.8 Å². The molecule has 0 saturated heterocycles. The molecule has 1 unspecified atom stereocenters. The van der Waals surface area contributed by atoms with Gasteiger partial charge in [-0.15, -0.1) is 0 Å². The zero-order valence-corrected chi connectivity index (χ0v) is 26.6. The molecule has 0 saturated carbocycles. The van der Waals surface area contributed by atoms with Gasteiger partial charge in [0.15, 0.2) is 5.82 Å². The third kappa shape index (κ3) is 6.71. The number of hydrogen-bond donors (Lipinski definition) is 1. The van der Waals surface area contributed by atoms with Crippen molar-refractivity contribution in [2.75, 3.05) is 11.9 Å². The number of nitrogens with one attached hydrogen (secondary N) is 1. The first kappa shape index (κ1) is 31.8. The lowest BCUT2D eigenvalue weighted by Gasteiger charge is -2.38. The fourth-order valence-corrected chi connectivity index (χ4v) is 5.89. The predicted octanol–water partition coefficient (Wildman–Crippen LogP) is 6.15. The number of fused-ring (bicyclic) bond motifs is 1. The average molecular weight is 656 g/mol. The van der Waals surface area contributed by atoms with E-state index >= 15 is 0 Å². The third-order valence-corrected chi connectivity index (χ3v) is 8.11. The van der Waals surface area contributed by atoms with Crippen LogP contribution in [0, 0.1) is 5.82 Å². The van der Waals surface area contributed by atoms with Crippen LogP contribution in [-0.4, -0.2) is 56.6 Å². The van der Waals surface area contributed by atoms with E-state index < -0.39 is 41.3 Å². The highest BCUT2D eigenvalue weighted by Crippen LogP contribution is 2.38. The summed E-state index contributed by atoms with van der Waals surface area (Å²) in [5.74, 6) is -2.07. The highest BCUT2D eigenvalue weighted by Gasteiger charge is 2.42. The summed E-state index contributed by atoms with van der Waals surface area (Å²) in [5.41, 5.74) is 3.65. The molecule has 3 aromatic carbocycles. The summed E-state index contributed by atoms with van der Waals surface area (Å²) in [6.07, 6.45) is 4.21. The Morgan fingerprint density at radius 3 is 2.43 bits per heavy atom. The highest BCUT2D eigenvalue weighted by atomic mass is 35.5. The molecule has 2 atom stereocenters. The summed E-state index contributed by atoms with van der Waals surface area (Å²) in [5, 5.41) is 6.84. The van der Waals surface area contributed by atoms with Gasteiger partial charge in [0.25, 0.3) is 11.8 Å². The Kier molecular flexibility index (Phi) is 8.74. The molecule has 4 aromatic rings. The number of benzene rings is 3. The van der Waals surface area contributed by atoms with Crippen LogP contribution < -0.4 is 5.32 Å². The number of anilines is 1. The van der Waals surface area contributed by atoms with Crippen LogP contribution in [-0.2, 0) is 25.6 Å². The SMILES string of the molecule is CC(C)(C)OC(=O)c1ccc(NC(=O)C2c3cccc(-c4cncnc4)c3CCN2C(=O)[C@@H]2CC(c3cccc(Cl)c3F)=NO2)cc1. The van der Waals surface area contributed by atoms with E-state index in [1.54, 1.807) is 63.5 Å². The first-order valence-electron chi connectivity index (χ1n) is 15.0. The monoisotopic (exact) mass is 655 g/mol. The highest BCUT2D eigenvalue weighted by molar-refractivity contribution is 6.31. The predicted molar refractivity (Wildman–Crippen MR) is 173 cm³/mol. The van der Waals surface area contributed by atoms with Gasteiger partial charge in [-0.1, -0.05) is 41.0 Å². The number of aromatic nitrogens is 2. The van der Waals surface area contributed by atoms with Crippen LogP contribution >= 0.6 is 11.6 Å². The van der Waals surface area contributed by atoms with E-state index in [4.69, 9.17) is 21.2 Å². The van der Waals surface area contributed by atoms with Gasteiger partial charge in [0.1, 0.15) is 18.0 Å². The van der Waals surface area contributed by atoms with E-state index in [0.29, 0.717) is 23.2 Å². The van der Waals surface area contributed by atoms with Gasteiger partial charge in [-0.2, -0.15) is 0 Å². The summed E-state index contributed by atoms with van der Waals surface area (Å²) in [4.78, 5) is 56.0. The van der Waals surface area contributed by atoms with E-state index in [1.165, 1.54) is 23.4 Å². The molecule has 1 aromatic heterocycles. The van der Waals surface area contributed by atoms with Gasteiger partial charge in [-0.3, -0.25) is 9.59 Å². The summed E-state index contributed by atoms with van der Waals surface area (Å²) < 4.78 is 20.2. The van der Waals surface area contributed by atoms with Crippen LogP contribution in [0.5, 0.6) is 0 Å². The molecule has 0 bridgehead atoms. The van der Waals surface area contributed by atoms with Crippen LogP contribution in [0.1, 0.15) is 60.3 Å². The number of amides is 2. The van der Waals surface area contributed by atoms with Crippen molar-refractivity contribution in [3.63, 3.8) is 0 Å². The number of ether oxygens (including phenoxy) is 1. The van der Waals surface area contributed by atoms with Crippen LogP contribution in [0.3, 0.4) is 0 Å². The Morgan fingerprint density at radius 1 is 1.00 bits per heavy atom. The number of nitrogens with zero attached hydrogens (tertiary/aromatic N) is 4. The lowest BCUT2D eigenvalue weighted by Crippen LogP contribution is -2.49. The van der Waals surface area contributed by atoms with Crippen molar-refractivity contribution in [2.45, 2.75) is 51.4 Å². The topological polar surface area (TPSA) is 123 Å². The number of halogens is 2. The largest absolute Gasteiger partial charge is 0.456 e. The molecule has 1 N–H and O–H groups in total. The maximum absolute atomic E-state index is 14.7. The van der Waals surface area contributed by atoms with Crippen molar-refractivity contribution in [1.29, 1.82) is 0 Å². The minimum Gasteiger partial charge on any atom is -0.456 e. The van der Waals surface area contributed by atoms with E-state index in [-0.39, 0.29) is 29.3 Å². The van der Waals surface area contributed by atoms with Crippen molar-refractivity contribution in [2.24, 2.45) is 5.16 Å². The maximum atomic E-state index is 14.7. The standard InChI is InChI=1S/C35H31ClFN5O5/c1-35(2,3)46-34(45)20-10-12-22(13-11-20)40-32(43)31-25-7-4-6-23(21-17-38-19-39-18-21)24(25)14-15-42(31)33(44)29-16-28(41-47-29)26-8-5-9-27(36)30(26)37/h4-13,17-19,29,31H,14-16H2,1-3H3,(H,40,43)/t29-,31?/m0/s1. The summed E-state index contributed by atoms with van der Waals surface area (Å²) in [6, 6.07) is 15.4. The quantitative estimate of drug-likeness (QED) is 0.247. The molecule has 2 amide bonds. The second-order valence-electron chi connectivity index (χ2n) is 12.2. The van der Waals surface area contributed by atoms with Gasteiger partial charge in [0.05, 0.1) is 16.3 Å². The molecule has 6 rings (SSSR count). The summed E-state index contributed by atoms with van der Waals surface area (Å²) in [6.45, 7) is 5.55. The number of oxime groups is 1. The normalized spacial score (nSPS) is 17.3. The molecular formula is C35H31ClFN5O5. The van der Waals surface area contributed by atoms with Crippen LogP contribution in [0.15, 0.2) is 84.5 Å². The molecule has 0 fully saturated rings. The smallest absolute Gasteiger partial charge is 0.338 e. The van der Waals surface area contributed by atoms with Crippen molar-refractivity contribution in [3.05, 3.63) is 112 Å². The fraction of sp³-hybridized carbons (Fsp3) is 0.257. The van der Waals surface area contributed by atoms with Gasteiger partial charge in [0, 0.05) is 42.2 Å². The lowest BCUT2D eigenvalue weighted by molar-refractivity contribution is -0.148. The first-order valence-corrected chi connectivity index (χ1v) is 15.4. The summed E-state index contributed by atoms with van der Waals surface area (Å²) >= 11 is 5.97. The zero-order valence-electron chi connectivity index (χ0n) is 25.9. The van der Waals surface area contributed by atoms with Gasteiger partial charge in [-0.05, 0) is 80.3 Å². The third-order valence-electron chi connectivity index (χ3n) is 7.82. The molecule has 2 aliphatic heterocycles. The van der Waals surface area contributed by atoms with Crippen molar-refractivity contribution in [3.8, 4) is 11.1 Å². The van der Waals surface area contributed by atoms with E-state index in [9.17, 15) is 18.8 Å². The number of carbonyl (C=O) groups is 3. The Bertz CT molecular complexity index is 1880. The Balaban J connectivity index is 1.29. The average Bonchev–Trinajstić information content (AvgIpc) is 3.55. The van der Waals surface area contributed by atoms with Crippen LogP contribution in [0.2, 0.25) is 5.02 Å². The van der Waals surface area contributed by atoms with E-state index in [1.807, 2.05) is 18.2 Å². The Hall–Kier alpha value is -5.16. The molecule has 0 radical (unpaired) electrons. The molecule has 0 aliphatic carbocycles. The lowest BCUT2D eigenvalue weighted by atomic mass is 9.86. The first-order chi connectivity index (χ1) is 22.5. The number of esters is 1. The van der Waals surface area contributed by atoms with Gasteiger partial charge >= 0.3 is 5.97 Å². The number of rotatable bonds is 6. The molecule has 0 spiro atoms. The van der Waals surface area contributed by atoms with E-state index in [0.717, 1.165) is 16.7 Å². The molecule has 240 valence electrons. The second-order valence-corrected chi connectivity index (χ2v) is 12.6. The van der Waals surface area contributed by atoms with Gasteiger partial charge in [-0.25, -0.2) is 19.2 Å². The maximum Gasteiger partial charge on any atom is 0.338 e. The Morgan fingerprint density at radius 2 is 1.70 bits per heavy atom.